The van der Waals surface area contributed by atoms with Gasteiger partial charge in [0.2, 0.25) is 0 Å². The van der Waals surface area contributed by atoms with Gasteiger partial charge in [-0.25, -0.2) is 4.39 Å². The first-order valence-corrected chi connectivity index (χ1v) is 8.04. The van der Waals surface area contributed by atoms with E-state index in [0.717, 1.165) is 31.2 Å². The topological polar surface area (TPSA) is 39.7 Å². The van der Waals surface area contributed by atoms with Gasteiger partial charge in [0.05, 0.1) is 0 Å². The average Bonchev–Trinajstić information content (AvgIpc) is 2.99. The van der Waals surface area contributed by atoms with Gasteiger partial charge in [0.1, 0.15) is 5.82 Å². The second-order valence-corrected chi connectivity index (χ2v) is 5.94. The van der Waals surface area contributed by atoms with Crippen molar-refractivity contribution in [1.29, 1.82) is 0 Å². The number of guanidine groups is 1. The first-order valence-electron chi connectivity index (χ1n) is 8.04. The Morgan fingerprint density at radius 1 is 1.41 bits per heavy atom. The lowest BCUT2D eigenvalue weighted by Crippen LogP contribution is -2.39. The van der Waals surface area contributed by atoms with Crippen LogP contribution >= 0.6 is 0 Å². The van der Waals surface area contributed by atoms with Crippen molar-refractivity contribution < 1.29 is 4.39 Å². The van der Waals surface area contributed by atoms with E-state index in [1.54, 1.807) is 20.0 Å². The third-order valence-electron chi connectivity index (χ3n) is 4.28. The highest BCUT2D eigenvalue weighted by atomic mass is 19.1. The predicted octanol–water partition coefficient (Wildman–Crippen LogP) is 2.14. The molecule has 122 valence electrons. The van der Waals surface area contributed by atoms with E-state index in [4.69, 9.17) is 0 Å². The molecule has 1 aliphatic heterocycles. The summed E-state index contributed by atoms with van der Waals surface area (Å²) >= 11 is 0. The number of rotatable bonds is 5. The molecule has 22 heavy (non-hydrogen) atoms. The van der Waals surface area contributed by atoms with Gasteiger partial charge in [0.25, 0.3) is 0 Å². The zero-order valence-electron chi connectivity index (χ0n) is 13.8. The Labute approximate surface area is 132 Å². The molecule has 1 atom stereocenters. The summed E-state index contributed by atoms with van der Waals surface area (Å²) in [7, 11) is 1.78. The minimum Gasteiger partial charge on any atom is -0.356 e. The van der Waals surface area contributed by atoms with Crippen molar-refractivity contribution in [2.24, 2.45) is 10.9 Å². The van der Waals surface area contributed by atoms with E-state index in [1.165, 1.54) is 19.0 Å². The van der Waals surface area contributed by atoms with Crippen molar-refractivity contribution >= 4 is 5.96 Å². The van der Waals surface area contributed by atoms with E-state index in [9.17, 15) is 4.39 Å². The SMILES string of the molecule is CCN1CCC(CNC(=NC)NCc2ccc(F)c(C)c2)C1. The molecule has 1 aromatic carbocycles. The molecule has 0 spiro atoms. The van der Waals surface area contributed by atoms with Crippen LogP contribution in [0, 0.1) is 18.7 Å². The van der Waals surface area contributed by atoms with E-state index < -0.39 is 0 Å². The predicted molar refractivity (Wildman–Crippen MR) is 89.6 cm³/mol. The molecule has 0 aromatic heterocycles. The molecule has 1 aromatic rings. The number of halogens is 1. The number of aryl methyl sites for hydroxylation is 1. The fourth-order valence-corrected chi connectivity index (χ4v) is 2.83. The molecule has 1 aliphatic rings. The largest absolute Gasteiger partial charge is 0.356 e. The molecule has 1 heterocycles. The number of benzene rings is 1. The van der Waals surface area contributed by atoms with Crippen LogP contribution in [0.2, 0.25) is 0 Å². The summed E-state index contributed by atoms with van der Waals surface area (Å²) < 4.78 is 13.3. The van der Waals surface area contributed by atoms with Gasteiger partial charge in [-0.1, -0.05) is 19.1 Å². The molecule has 1 fully saturated rings. The monoisotopic (exact) mass is 306 g/mol. The van der Waals surface area contributed by atoms with Crippen LogP contribution in [0.4, 0.5) is 4.39 Å². The maximum atomic E-state index is 13.3. The fraction of sp³-hybridized carbons (Fsp3) is 0.588. The van der Waals surface area contributed by atoms with Crippen LogP contribution in [0.15, 0.2) is 23.2 Å². The number of nitrogens with one attached hydrogen (secondary N) is 2. The quantitative estimate of drug-likeness (QED) is 0.647. The van der Waals surface area contributed by atoms with Crippen molar-refractivity contribution in [2.75, 3.05) is 33.2 Å². The first kappa shape index (κ1) is 16.7. The van der Waals surface area contributed by atoms with Gasteiger partial charge in [-0.05, 0) is 49.5 Å². The van der Waals surface area contributed by atoms with E-state index in [1.807, 2.05) is 6.07 Å². The molecule has 5 heteroatoms. The number of hydrogen-bond donors (Lipinski definition) is 2. The second kappa shape index (κ2) is 8.13. The molecule has 0 saturated carbocycles. The van der Waals surface area contributed by atoms with Crippen molar-refractivity contribution in [3.63, 3.8) is 0 Å². The zero-order valence-corrected chi connectivity index (χ0v) is 13.8. The molecule has 2 rings (SSSR count). The minimum atomic E-state index is -0.159. The van der Waals surface area contributed by atoms with Crippen molar-refractivity contribution in [3.8, 4) is 0 Å². The number of nitrogens with zero attached hydrogens (tertiary/aromatic N) is 2. The van der Waals surface area contributed by atoms with E-state index in [2.05, 4.69) is 27.4 Å². The molecule has 0 radical (unpaired) electrons. The Kier molecular flexibility index (Phi) is 6.19. The minimum absolute atomic E-state index is 0.159. The second-order valence-electron chi connectivity index (χ2n) is 5.94. The molecule has 0 amide bonds. The van der Waals surface area contributed by atoms with Crippen LogP contribution in [0.3, 0.4) is 0 Å². The van der Waals surface area contributed by atoms with Gasteiger partial charge in [-0.15, -0.1) is 0 Å². The van der Waals surface area contributed by atoms with Crippen molar-refractivity contribution in [1.82, 2.24) is 15.5 Å². The van der Waals surface area contributed by atoms with Gasteiger partial charge in [0, 0.05) is 26.7 Å². The highest BCUT2D eigenvalue weighted by molar-refractivity contribution is 5.79. The van der Waals surface area contributed by atoms with Crippen LogP contribution in [-0.2, 0) is 6.54 Å². The summed E-state index contributed by atoms with van der Waals surface area (Å²) in [4.78, 5) is 6.73. The van der Waals surface area contributed by atoms with E-state index >= 15 is 0 Å². The smallest absolute Gasteiger partial charge is 0.191 e. The summed E-state index contributed by atoms with van der Waals surface area (Å²) in [5.41, 5.74) is 1.73. The highest BCUT2D eigenvalue weighted by Gasteiger charge is 2.20. The summed E-state index contributed by atoms with van der Waals surface area (Å²) in [6.07, 6.45) is 1.25. The van der Waals surface area contributed by atoms with Crippen LogP contribution in [-0.4, -0.2) is 44.1 Å². The Balaban J connectivity index is 1.76. The lowest BCUT2D eigenvalue weighted by molar-refractivity contribution is 0.342. The number of hydrogen-bond acceptors (Lipinski definition) is 2. The Morgan fingerprint density at radius 2 is 2.23 bits per heavy atom. The molecule has 1 saturated heterocycles. The molecule has 0 aliphatic carbocycles. The van der Waals surface area contributed by atoms with Crippen LogP contribution in [0.1, 0.15) is 24.5 Å². The average molecular weight is 306 g/mol. The summed E-state index contributed by atoms with van der Waals surface area (Å²) in [5.74, 6) is 1.33. The number of aliphatic imine (C=N–C) groups is 1. The van der Waals surface area contributed by atoms with Crippen LogP contribution < -0.4 is 10.6 Å². The molecule has 0 bridgehead atoms. The Morgan fingerprint density at radius 3 is 2.86 bits per heavy atom. The maximum Gasteiger partial charge on any atom is 0.191 e. The van der Waals surface area contributed by atoms with Gasteiger partial charge in [-0.2, -0.15) is 0 Å². The molecule has 2 N–H and O–H groups in total. The van der Waals surface area contributed by atoms with Crippen molar-refractivity contribution in [3.05, 3.63) is 35.1 Å². The van der Waals surface area contributed by atoms with Gasteiger partial charge >= 0.3 is 0 Å². The summed E-state index contributed by atoms with van der Waals surface area (Å²) in [5, 5.41) is 6.67. The normalized spacial score (nSPS) is 19.5. The van der Waals surface area contributed by atoms with Crippen molar-refractivity contribution in [2.45, 2.75) is 26.8 Å². The molecule has 4 nitrogen and oxygen atoms in total. The van der Waals surface area contributed by atoms with E-state index in [-0.39, 0.29) is 5.82 Å². The van der Waals surface area contributed by atoms with Gasteiger partial charge in [-0.3, -0.25) is 4.99 Å². The fourth-order valence-electron chi connectivity index (χ4n) is 2.83. The van der Waals surface area contributed by atoms with Crippen LogP contribution in [0.5, 0.6) is 0 Å². The summed E-state index contributed by atoms with van der Waals surface area (Å²) in [6, 6.07) is 5.19. The summed E-state index contributed by atoms with van der Waals surface area (Å²) in [6.45, 7) is 9.08. The van der Waals surface area contributed by atoms with Crippen LogP contribution in [0.25, 0.3) is 0 Å². The highest BCUT2D eigenvalue weighted by Crippen LogP contribution is 2.14. The Hall–Kier alpha value is -1.62. The zero-order chi connectivity index (χ0) is 15.9. The maximum absolute atomic E-state index is 13.3. The van der Waals surface area contributed by atoms with Gasteiger partial charge < -0.3 is 15.5 Å². The third kappa shape index (κ3) is 4.70. The standard InChI is InChI=1S/C17H27FN4/c1-4-22-8-7-15(12-22)11-21-17(19-3)20-10-14-5-6-16(18)13(2)9-14/h5-6,9,15H,4,7-8,10-12H2,1-3H3,(H2,19,20,21). The van der Waals surface area contributed by atoms with Gasteiger partial charge in [0.15, 0.2) is 5.96 Å². The van der Waals surface area contributed by atoms with E-state index in [0.29, 0.717) is 18.0 Å². The lowest BCUT2D eigenvalue weighted by atomic mass is 10.1. The lowest BCUT2D eigenvalue weighted by Gasteiger charge is -2.16. The Bertz CT molecular complexity index is 515. The molecule has 1 unspecified atom stereocenters. The molecular weight excluding hydrogens is 279 g/mol. The third-order valence-corrected chi connectivity index (χ3v) is 4.28. The first-order chi connectivity index (χ1) is 10.6. The number of likely N-dealkylation sites (tertiary alicyclic amines) is 1. The molecular formula is C17H27FN4.